The van der Waals surface area contributed by atoms with Crippen LogP contribution in [0, 0.1) is 0 Å². The monoisotopic (exact) mass is 263 g/mol. The van der Waals surface area contributed by atoms with Crippen molar-refractivity contribution in [3.05, 3.63) is 35.9 Å². The van der Waals surface area contributed by atoms with Crippen LogP contribution in [-0.2, 0) is 13.7 Å². The van der Waals surface area contributed by atoms with Gasteiger partial charge in [0.05, 0.1) is 13.2 Å². The van der Waals surface area contributed by atoms with Crippen molar-refractivity contribution in [3.8, 4) is 11.5 Å². The molecule has 6 heteroatoms. The van der Waals surface area contributed by atoms with E-state index in [0.717, 1.165) is 0 Å². The molecule has 0 aliphatic carbocycles. The fourth-order valence-electron chi connectivity index (χ4n) is 1.69. The molecule has 6 nitrogen and oxygen atoms in total. The van der Waals surface area contributed by atoms with E-state index in [-0.39, 0.29) is 6.61 Å². The summed E-state index contributed by atoms with van der Waals surface area (Å²) in [7, 11) is 3.43. The maximum absolute atomic E-state index is 9.73. The van der Waals surface area contributed by atoms with Gasteiger partial charge in [0.25, 0.3) is 0 Å². The third kappa shape index (κ3) is 3.03. The number of benzene rings is 1. The normalized spacial score (nSPS) is 12.2. The summed E-state index contributed by atoms with van der Waals surface area (Å²) in [5.41, 5.74) is 0.711. The van der Waals surface area contributed by atoms with Crippen molar-refractivity contribution >= 4 is 0 Å². The zero-order valence-corrected chi connectivity index (χ0v) is 11.2. The molecule has 1 heterocycles. The standard InChI is InChI=1S/C13H17N3O3/c1-9(17)11-5-4-10(18-3)6-12(11)19-7-13-15-14-8-16(13)2/h4-6,8-9,17H,7H2,1-3H3. The molecule has 1 atom stereocenters. The minimum absolute atomic E-state index is 0.281. The van der Waals surface area contributed by atoms with Crippen molar-refractivity contribution in [3.63, 3.8) is 0 Å². The molecule has 19 heavy (non-hydrogen) atoms. The average Bonchev–Trinajstić information content (AvgIpc) is 2.81. The van der Waals surface area contributed by atoms with Crippen molar-refractivity contribution in [2.45, 2.75) is 19.6 Å². The molecule has 1 aromatic heterocycles. The summed E-state index contributed by atoms with van der Waals surface area (Å²) in [6.45, 7) is 1.97. The molecule has 0 saturated carbocycles. The number of nitrogens with zero attached hydrogens (tertiary/aromatic N) is 3. The van der Waals surface area contributed by atoms with E-state index < -0.39 is 6.10 Å². The number of ether oxygens (including phenoxy) is 2. The van der Waals surface area contributed by atoms with Gasteiger partial charge >= 0.3 is 0 Å². The van der Waals surface area contributed by atoms with Crippen LogP contribution in [0.5, 0.6) is 11.5 Å². The molecule has 1 unspecified atom stereocenters. The third-order valence-electron chi connectivity index (χ3n) is 2.83. The highest BCUT2D eigenvalue weighted by Gasteiger charge is 2.12. The molecule has 1 aromatic carbocycles. The van der Waals surface area contributed by atoms with Gasteiger partial charge in [-0.25, -0.2) is 0 Å². The minimum Gasteiger partial charge on any atom is -0.497 e. The fraction of sp³-hybridized carbons (Fsp3) is 0.385. The van der Waals surface area contributed by atoms with E-state index in [4.69, 9.17) is 9.47 Å². The van der Waals surface area contributed by atoms with Crippen molar-refractivity contribution in [2.75, 3.05) is 7.11 Å². The lowest BCUT2D eigenvalue weighted by Gasteiger charge is -2.14. The highest BCUT2D eigenvalue weighted by molar-refractivity contribution is 5.41. The highest BCUT2D eigenvalue weighted by atomic mass is 16.5. The topological polar surface area (TPSA) is 69.4 Å². The first-order valence-corrected chi connectivity index (χ1v) is 5.93. The Labute approximate surface area is 111 Å². The molecular formula is C13H17N3O3. The van der Waals surface area contributed by atoms with Gasteiger partial charge in [0, 0.05) is 18.7 Å². The van der Waals surface area contributed by atoms with Gasteiger partial charge in [-0.15, -0.1) is 10.2 Å². The molecular weight excluding hydrogens is 246 g/mol. The number of methoxy groups -OCH3 is 1. The van der Waals surface area contributed by atoms with Gasteiger partial charge in [0.1, 0.15) is 24.4 Å². The number of aromatic nitrogens is 3. The molecule has 0 spiro atoms. The number of hydrogen-bond acceptors (Lipinski definition) is 5. The van der Waals surface area contributed by atoms with Gasteiger partial charge in [0.2, 0.25) is 0 Å². The lowest BCUT2D eigenvalue weighted by atomic mass is 10.1. The number of hydrogen-bond donors (Lipinski definition) is 1. The molecule has 0 aliphatic heterocycles. The second kappa shape index (κ2) is 5.71. The van der Waals surface area contributed by atoms with Gasteiger partial charge in [-0.05, 0) is 19.1 Å². The van der Waals surface area contributed by atoms with Gasteiger partial charge in [-0.2, -0.15) is 0 Å². The van der Waals surface area contributed by atoms with E-state index >= 15 is 0 Å². The van der Waals surface area contributed by atoms with E-state index in [9.17, 15) is 5.11 Å². The number of aryl methyl sites for hydroxylation is 1. The molecule has 0 bridgehead atoms. The average molecular weight is 263 g/mol. The van der Waals surface area contributed by atoms with Gasteiger partial charge < -0.3 is 19.1 Å². The zero-order valence-electron chi connectivity index (χ0n) is 11.2. The quantitative estimate of drug-likeness (QED) is 0.884. The molecule has 0 aliphatic rings. The SMILES string of the molecule is COc1ccc(C(C)O)c(OCc2nncn2C)c1. The zero-order chi connectivity index (χ0) is 13.8. The van der Waals surface area contributed by atoms with E-state index in [1.54, 1.807) is 43.1 Å². The Morgan fingerprint density at radius 2 is 2.21 bits per heavy atom. The van der Waals surface area contributed by atoms with Gasteiger partial charge in [-0.1, -0.05) is 0 Å². The van der Waals surface area contributed by atoms with E-state index in [1.165, 1.54) is 0 Å². The smallest absolute Gasteiger partial charge is 0.170 e. The van der Waals surface area contributed by atoms with Gasteiger partial charge in [-0.3, -0.25) is 0 Å². The van der Waals surface area contributed by atoms with Crippen molar-refractivity contribution in [1.29, 1.82) is 0 Å². The largest absolute Gasteiger partial charge is 0.497 e. The van der Waals surface area contributed by atoms with Crippen LogP contribution < -0.4 is 9.47 Å². The Balaban J connectivity index is 2.20. The summed E-state index contributed by atoms with van der Waals surface area (Å²) in [5, 5.41) is 17.5. The van der Waals surface area contributed by atoms with Crippen molar-refractivity contribution in [2.24, 2.45) is 7.05 Å². The Hall–Kier alpha value is -2.08. The third-order valence-corrected chi connectivity index (χ3v) is 2.83. The molecule has 0 amide bonds. The number of aliphatic hydroxyl groups is 1. The van der Waals surface area contributed by atoms with Crippen molar-refractivity contribution < 1.29 is 14.6 Å². The Kier molecular flexibility index (Phi) is 4.01. The molecule has 0 radical (unpaired) electrons. The summed E-state index contributed by atoms with van der Waals surface area (Å²) in [6, 6.07) is 5.32. The Bertz CT molecular complexity index is 552. The van der Waals surface area contributed by atoms with Crippen LogP contribution in [0.3, 0.4) is 0 Å². The predicted octanol–water partition coefficient (Wildman–Crippen LogP) is 1.46. The second-order valence-electron chi connectivity index (χ2n) is 4.23. The van der Waals surface area contributed by atoms with E-state index in [0.29, 0.717) is 22.9 Å². The summed E-state index contributed by atoms with van der Waals surface area (Å²) in [4.78, 5) is 0. The first-order chi connectivity index (χ1) is 9.11. The van der Waals surface area contributed by atoms with Crippen molar-refractivity contribution in [1.82, 2.24) is 14.8 Å². The van der Waals surface area contributed by atoms with Crippen LogP contribution in [0.25, 0.3) is 0 Å². The summed E-state index contributed by atoms with van der Waals surface area (Å²) >= 11 is 0. The second-order valence-corrected chi connectivity index (χ2v) is 4.23. The first kappa shape index (κ1) is 13.4. The lowest BCUT2D eigenvalue weighted by molar-refractivity contribution is 0.189. The van der Waals surface area contributed by atoms with E-state index in [1.807, 2.05) is 7.05 Å². The lowest BCUT2D eigenvalue weighted by Crippen LogP contribution is -2.05. The van der Waals surface area contributed by atoms with Crippen LogP contribution >= 0.6 is 0 Å². The molecule has 2 aromatic rings. The Morgan fingerprint density at radius 1 is 1.42 bits per heavy atom. The number of aliphatic hydroxyl groups excluding tert-OH is 1. The fourth-order valence-corrected chi connectivity index (χ4v) is 1.69. The molecule has 2 rings (SSSR count). The molecule has 102 valence electrons. The summed E-state index contributed by atoms with van der Waals surface area (Å²) in [5.74, 6) is 1.97. The summed E-state index contributed by atoms with van der Waals surface area (Å²) in [6.07, 6.45) is 1.00. The van der Waals surface area contributed by atoms with Crippen LogP contribution in [0.15, 0.2) is 24.5 Å². The molecule has 0 saturated heterocycles. The van der Waals surface area contributed by atoms with Crippen LogP contribution in [0.1, 0.15) is 24.4 Å². The van der Waals surface area contributed by atoms with Gasteiger partial charge in [0.15, 0.2) is 5.82 Å². The molecule has 0 fully saturated rings. The summed E-state index contributed by atoms with van der Waals surface area (Å²) < 4.78 is 12.6. The van der Waals surface area contributed by atoms with Crippen LogP contribution in [-0.4, -0.2) is 27.0 Å². The van der Waals surface area contributed by atoms with E-state index in [2.05, 4.69) is 10.2 Å². The Morgan fingerprint density at radius 3 is 2.79 bits per heavy atom. The number of rotatable bonds is 5. The first-order valence-electron chi connectivity index (χ1n) is 5.93. The maximum atomic E-state index is 9.73. The van der Waals surface area contributed by atoms with Crippen LogP contribution in [0.4, 0.5) is 0 Å². The highest BCUT2D eigenvalue weighted by Crippen LogP contribution is 2.29. The molecule has 1 N–H and O–H groups in total. The predicted molar refractivity (Wildman–Crippen MR) is 69.0 cm³/mol. The minimum atomic E-state index is -0.611. The maximum Gasteiger partial charge on any atom is 0.170 e. The van der Waals surface area contributed by atoms with Crippen LogP contribution in [0.2, 0.25) is 0 Å².